The molecule has 1 aromatic carbocycles. The highest BCUT2D eigenvalue weighted by Gasteiger charge is 2.27. The van der Waals surface area contributed by atoms with E-state index in [1.54, 1.807) is 16.4 Å². The first-order valence-electron chi connectivity index (χ1n) is 12.3. The molecular formula is C24H34N6O3S. The minimum atomic E-state index is -3.47. The van der Waals surface area contributed by atoms with Crippen molar-refractivity contribution in [3.05, 3.63) is 41.5 Å². The summed E-state index contributed by atoms with van der Waals surface area (Å²) < 4.78 is 35.3. The molecule has 10 heteroatoms. The summed E-state index contributed by atoms with van der Waals surface area (Å²) in [5.41, 5.74) is 2.74. The van der Waals surface area contributed by atoms with Crippen LogP contribution in [0.1, 0.15) is 43.5 Å². The summed E-state index contributed by atoms with van der Waals surface area (Å²) in [6.45, 7) is 11.5. The molecular weight excluding hydrogens is 452 g/mol. The van der Waals surface area contributed by atoms with Gasteiger partial charge in [0.05, 0.1) is 28.2 Å². The Morgan fingerprint density at radius 1 is 0.941 bits per heavy atom. The van der Waals surface area contributed by atoms with Gasteiger partial charge in [-0.3, -0.25) is 9.80 Å². The lowest BCUT2D eigenvalue weighted by Gasteiger charge is -2.34. The molecule has 0 spiro atoms. The summed E-state index contributed by atoms with van der Waals surface area (Å²) >= 11 is 0. The minimum Gasteiger partial charge on any atom is -0.361 e. The minimum absolute atomic E-state index is 0.353. The Balaban J connectivity index is 1.29. The van der Waals surface area contributed by atoms with Gasteiger partial charge in [0.2, 0.25) is 10.0 Å². The van der Waals surface area contributed by atoms with Crippen LogP contribution in [-0.2, 0) is 29.7 Å². The lowest BCUT2D eigenvalue weighted by molar-refractivity contribution is 0.117. The molecule has 2 saturated heterocycles. The Labute approximate surface area is 201 Å². The average Bonchev–Trinajstić information content (AvgIpc) is 3.42. The van der Waals surface area contributed by atoms with Crippen LogP contribution in [0, 0.1) is 6.92 Å². The number of piperazine rings is 1. The fourth-order valence-electron chi connectivity index (χ4n) is 5.07. The quantitative estimate of drug-likeness (QED) is 0.507. The van der Waals surface area contributed by atoms with Gasteiger partial charge in [-0.2, -0.15) is 4.31 Å². The zero-order valence-electron chi connectivity index (χ0n) is 20.1. The zero-order chi connectivity index (χ0) is 23.7. The second-order valence-corrected chi connectivity index (χ2v) is 11.3. The Morgan fingerprint density at radius 3 is 2.29 bits per heavy atom. The third-order valence-electron chi connectivity index (χ3n) is 6.96. The maximum absolute atomic E-state index is 13.1. The van der Waals surface area contributed by atoms with Crippen molar-refractivity contribution >= 4 is 21.1 Å². The predicted octanol–water partition coefficient (Wildman–Crippen LogP) is 2.85. The molecule has 2 aliphatic heterocycles. The van der Waals surface area contributed by atoms with Gasteiger partial charge in [-0.1, -0.05) is 11.6 Å². The molecule has 2 aliphatic rings. The van der Waals surface area contributed by atoms with Crippen molar-refractivity contribution in [3.63, 3.8) is 0 Å². The maximum atomic E-state index is 13.1. The smallest absolute Gasteiger partial charge is 0.243 e. The molecule has 2 fully saturated rings. The van der Waals surface area contributed by atoms with E-state index < -0.39 is 10.0 Å². The molecule has 0 amide bonds. The van der Waals surface area contributed by atoms with Crippen molar-refractivity contribution in [2.24, 2.45) is 0 Å². The molecule has 4 heterocycles. The van der Waals surface area contributed by atoms with E-state index in [2.05, 4.69) is 26.4 Å². The average molecular weight is 487 g/mol. The Bertz CT molecular complexity index is 1240. The molecule has 0 radical (unpaired) electrons. The molecule has 0 saturated carbocycles. The van der Waals surface area contributed by atoms with Crippen LogP contribution in [0.5, 0.6) is 0 Å². The molecule has 34 heavy (non-hydrogen) atoms. The molecule has 2 aromatic heterocycles. The van der Waals surface area contributed by atoms with Gasteiger partial charge in [0, 0.05) is 58.4 Å². The highest BCUT2D eigenvalue weighted by molar-refractivity contribution is 7.89. The summed E-state index contributed by atoms with van der Waals surface area (Å²) in [7, 11) is -3.47. The van der Waals surface area contributed by atoms with Gasteiger partial charge in [-0.05, 0) is 44.9 Å². The number of piperidine rings is 1. The maximum Gasteiger partial charge on any atom is 0.243 e. The Hall–Kier alpha value is -2.27. The number of hydrogen-bond donors (Lipinski definition) is 0. The van der Waals surface area contributed by atoms with Crippen molar-refractivity contribution < 1.29 is 12.9 Å². The summed E-state index contributed by atoms with van der Waals surface area (Å²) in [5.74, 6) is 1.84. The fourth-order valence-corrected chi connectivity index (χ4v) is 6.61. The van der Waals surface area contributed by atoms with Crippen LogP contribution in [0.3, 0.4) is 0 Å². The Kier molecular flexibility index (Phi) is 6.74. The normalized spacial score (nSPS) is 19.2. The van der Waals surface area contributed by atoms with Crippen LogP contribution in [0.25, 0.3) is 11.0 Å². The molecule has 0 bridgehead atoms. The number of hydrogen-bond acceptors (Lipinski definition) is 7. The van der Waals surface area contributed by atoms with Gasteiger partial charge >= 0.3 is 0 Å². The van der Waals surface area contributed by atoms with E-state index in [4.69, 9.17) is 9.51 Å². The first-order chi connectivity index (χ1) is 16.4. The van der Waals surface area contributed by atoms with Crippen molar-refractivity contribution in [2.45, 2.75) is 57.6 Å². The number of aromatic nitrogens is 3. The fraction of sp³-hybridized carbons (Fsp3) is 0.583. The highest BCUT2D eigenvalue weighted by Crippen LogP contribution is 2.25. The van der Waals surface area contributed by atoms with Crippen molar-refractivity contribution in [3.8, 4) is 0 Å². The molecule has 5 rings (SSSR count). The molecule has 0 unspecified atom stereocenters. The standard InChI is InChI=1S/C24H34N6O3S/c1-3-30-23-8-7-21(34(31,32)29-9-5-4-6-10-29)16-22(23)25-24(30)18-28-13-11-27(12-14-28)17-20-15-19(2)33-26-20/h7-8,15-16H,3-6,9-14,17-18H2,1-2H3. The van der Waals surface area contributed by atoms with Crippen molar-refractivity contribution in [1.82, 2.24) is 28.8 Å². The van der Waals surface area contributed by atoms with E-state index in [1.807, 2.05) is 19.1 Å². The molecule has 9 nitrogen and oxygen atoms in total. The number of sulfonamides is 1. The van der Waals surface area contributed by atoms with Gasteiger partial charge in [-0.15, -0.1) is 0 Å². The topological polar surface area (TPSA) is 87.7 Å². The summed E-state index contributed by atoms with van der Waals surface area (Å²) in [6, 6.07) is 7.42. The van der Waals surface area contributed by atoms with Crippen LogP contribution in [0.4, 0.5) is 0 Å². The van der Waals surface area contributed by atoms with Gasteiger partial charge in [0.15, 0.2) is 0 Å². The SMILES string of the molecule is CCn1c(CN2CCN(Cc3cc(C)on3)CC2)nc2cc(S(=O)(=O)N3CCCCC3)ccc21. The van der Waals surface area contributed by atoms with E-state index in [-0.39, 0.29) is 0 Å². The van der Waals surface area contributed by atoms with Crippen LogP contribution < -0.4 is 0 Å². The van der Waals surface area contributed by atoms with E-state index in [0.717, 1.165) is 93.4 Å². The van der Waals surface area contributed by atoms with Crippen LogP contribution in [0.2, 0.25) is 0 Å². The largest absolute Gasteiger partial charge is 0.361 e. The van der Waals surface area contributed by atoms with E-state index in [1.165, 1.54) is 0 Å². The first kappa shape index (κ1) is 23.5. The van der Waals surface area contributed by atoms with Gasteiger partial charge < -0.3 is 9.09 Å². The van der Waals surface area contributed by atoms with Gasteiger partial charge in [0.25, 0.3) is 0 Å². The lowest BCUT2D eigenvalue weighted by atomic mass is 10.2. The monoisotopic (exact) mass is 486 g/mol. The number of rotatable bonds is 7. The van der Waals surface area contributed by atoms with Crippen LogP contribution >= 0.6 is 0 Å². The number of nitrogens with zero attached hydrogens (tertiary/aromatic N) is 6. The zero-order valence-corrected chi connectivity index (χ0v) is 20.9. The van der Waals surface area contributed by atoms with Crippen molar-refractivity contribution in [2.75, 3.05) is 39.3 Å². The second-order valence-electron chi connectivity index (χ2n) is 9.37. The number of imidazole rings is 1. The first-order valence-corrected chi connectivity index (χ1v) is 13.7. The third-order valence-corrected chi connectivity index (χ3v) is 8.85. The molecule has 0 aliphatic carbocycles. The third kappa shape index (κ3) is 4.77. The summed E-state index contributed by atoms with van der Waals surface area (Å²) in [6.07, 6.45) is 2.96. The number of benzene rings is 1. The van der Waals surface area contributed by atoms with Crippen LogP contribution in [0.15, 0.2) is 33.7 Å². The molecule has 184 valence electrons. The predicted molar refractivity (Wildman–Crippen MR) is 130 cm³/mol. The number of aryl methyl sites for hydroxylation is 2. The van der Waals surface area contributed by atoms with Gasteiger partial charge in [-0.25, -0.2) is 13.4 Å². The van der Waals surface area contributed by atoms with Crippen LogP contribution in [-0.4, -0.2) is 76.5 Å². The second kappa shape index (κ2) is 9.77. The number of fused-ring (bicyclic) bond motifs is 1. The molecule has 3 aromatic rings. The molecule has 0 atom stereocenters. The van der Waals surface area contributed by atoms with Gasteiger partial charge in [0.1, 0.15) is 11.6 Å². The summed E-state index contributed by atoms with van der Waals surface area (Å²) in [4.78, 5) is 10.1. The molecule has 0 N–H and O–H groups in total. The lowest BCUT2D eigenvalue weighted by Crippen LogP contribution is -2.45. The van der Waals surface area contributed by atoms with Crippen molar-refractivity contribution in [1.29, 1.82) is 0 Å². The summed E-state index contributed by atoms with van der Waals surface area (Å²) in [5, 5.41) is 4.11. The highest BCUT2D eigenvalue weighted by atomic mass is 32.2. The Morgan fingerprint density at radius 2 is 1.65 bits per heavy atom. The van der Waals surface area contributed by atoms with E-state index >= 15 is 0 Å². The van der Waals surface area contributed by atoms with E-state index in [0.29, 0.717) is 18.0 Å². The van der Waals surface area contributed by atoms with E-state index in [9.17, 15) is 8.42 Å².